The first-order valence-electron chi connectivity index (χ1n) is 7.54. The molecule has 0 saturated heterocycles. The molecular weight excluding hydrogens is 374 g/mol. The molecule has 1 atom stereocenters. The zero-order chi connectivity index (χ0) is 18.4. The van der Waals surface area contributed by atoms with Gasteiger partial charge < -0.3 is 5.32 Å². The van der Waals surface area contributed by atoms with E-state index in [1.54, 1.807) is 36.0 Å². The van der Waals surface area contributed by atoms with Gasteiger partial charge in [-0.2, -0.15) is 0 Å². The van der Waals surface area contributed by atoms with Crippen molar-refractivity contribution in [1.82, 2.24) is 10.2 Å². The number of Topliss-reactive ketones (excluding diaryl/α,β-unsaturated/α-hetero) is 1. The number of benzene rings is 1. The molecule has 1 aromatic carbocycles. The van der Waals surface area contributed by atoms with Crippen molar-refractivity contribution in [2.75, 3.05) is 11.1 Å². The van der Waals surface area contributed by atoms with Crippen LogP contribution in [0.2, 0.25) is 0 Å². The van der Waals surface area contributed by atoms with Crippen LogP contribution in [0.4, 0.5) is 5.69 Å². The summed E-state index contributed by atoms with van der Waals surface area (Å²) in [7, 11) is 0. The molecule has 0 fully saturated rings. The Kier molecular flexibility index (Phi) is 7.22. The Hall–Kier alpha value is -1.64. The fourth-order valence-corrected chi connectivity index (χ4v) is 4.76. The lowest BCUT2D eigenvalue weighted by molar-refractivity contribution is -0.115. The molecule has 25 heavy (non-hydrogen) atoms. The molecule has 1 N–H and O–H groups in total. The van der Waals surface area contributed by atoms with Gasteiger partial charge in [-0.1, -0.05) is 59.1 Å². The number of amides is 1. The molecule has 0 aliphatic heterocycles. The molecular formula is C17H19N3O2S3. The number of nitrogens with one attached hydrogen (secondary N) is 1. The number of anilines is 1. The van der Waals surface area contributed by atoms with E-state index in [9.17, 15) is 9.59 Å². The molecule has 2 rings (SSSR count). The zero-order valence-electron chi connectivity index (χ0n) is 14.2. The lowest BCUT2D eigenvalue weighted by Crippen LogP contribution is -2.22. The molecule has 8 heteroatoms. The number of carbonyl (C=O) groups excluding carboxylic acids is 2. The lowest BCUT2D eigenvalue weighted by atomic mass is 10.1. The van der Waals surface area contributed by atoms with Gasteiger partial charge in [-0.15, -0.1) is 10.2 Å². The predicted molar refractivity (Wildman–Crippen MR) is 106 cm³/mol. The Balaban J connectivity index is 1.93. The van der Waals surface area contributed by atoms with Gasteiger partial charge in [0.15, 0.2) is 14.5 Å². The summed E-state index contributed by atoms with van der Waals surface area (Å²) in [6, 6.07) is 6.91. The quantitative estimate of drug-likeness (QED) is 0.404. The predicted octanol–water partition coefficient (Wildman–Crippen LogP) is 4.53. The minimum absolute atomic E-state index is 0.0350. The van der Waals surface area contributed by atoms with E-state index < -0.39 is 0 Å². The van der Waals surface area contributed by atoms with Gasteiger partial charge in [0.05, 0.1) is 5.25 Å². The van der Waals surface area contributed by atoms with Crippen LogP contribution in [-0.2, 0) is 4.79 Å². The van der Waals surface area contributed by atoms with Crippen LogP contribution in [-0.4, -0.2) is 32.9 Å². The van der Waals surface area contributed by atoms with Crippen molar-refractivity contribution in [2.24, 2.45) is 0 Å². The number of carbonyl (C=O) groups is 2. The van der Waals surface area contributed by atoms with Crippen LogP contribution in [0.5, 0.6) is 0 Å². The van der Waals surface area contributed by atoms with E-state index in [0.29, 0.717) is 11.3 Å². The minimum Gasteiger partial charge on any atom is -0.325 e. The number of rotatable bonds is 8. The third-order valence-corrected chi connectivity index (χ3v) is 6.48. The Bertz CT molecular complexity index is 789. The number of ketones is 1. The van der Waals surface area contributed by atoms with Crippen LogP contribution >= 0.6 is 34.9 Å². The van der Waals surface area contributed by atoms with Gasteiger partial charge in [-0.05, 0) is 32.9 Å². The van der Waals surface area contributed by atoms with E-state index in [-0.39, 0.29) is 16.9 Å². The zero-order valence-corrected chi connectivity index (χ0v) is 16.7. The van der Waals surface area contributed by atoms with Crippen LogP contribution < -0.4 is 5.32 Å². The molecule has 0 aliphatic carbocycles. The second-order valence-electron chi connectivity index (χ2n) is 5.47. The Labute approximate surface area is 159 Å². The highest BCUT2D eigenvalue weighted by Crippen LogP contribution is 2.32. The van der Waals surface area contributed by atoms with E-state index in [1.165, 1.54) is 30.0 Å². The minimum atomic E-state index is -0.326. The molecule has 5 nitrogen and oxygen atoms in total. The highest BCUT2D eigenvalue weighted by Gasteiger charge is 2.18. The van der Waals surface area contributed by atoms with Crippen molar-refractivity contribution < 1.29 is 9.59 Å². The highest BCUT2D eigenvalue weighted by molar-refractivity contribution is 8.04. The SMILES string of the molecule is C=C(C)CSc1nnc(S[C@H](C)C(=O)Nc2cccc(C(C)=O)c2)s1. The van der Waals surface area contributed by atoms with E-state index in [1.807, 2.05) is 13.8 Å². The first-order valence-corrected chi connectivity index (χ1v) is 10.2. The number of hydrogen-bond donors (Lipinski definition) is 1. The van der Waals surface area contributed by atoms with Crippen LogP contribution in [0.1, 0.15) is 31.1 Å². The maximum absolute atomic E-state index is 12.3. The van der Waals surface area contributed by atoms with Crippen LogP contribution in [0, 0.1) is 0 Å². The summed E-state index contributed by atoms with van der Waals surface area (Å²) in [5.74, 6) is 0.631. The van der Waals surface area contributed by atoms with Crippen molar-refractivity contribution in [2.45, 2.75) is 34.7 Å². The molecule has 0 radical (unpaired) electrons. The first-order chi connectivity index (χ1) is 11.8. The summed E-state index contributed by atoms with van der Waals surface area (Å²) < 4.78 is 1.62. The van der Waals surface area contributed by atoms with Crippen LogP contribution in [0.3, 0.4) is 0 Å². The second-order valence-corrected chi connectivity index (χ2v) is 9.25. The van der Waals surface area contributed by atoms with Crippen LogP contribution in [0.15, 0.2) is 45.1 Å². The van der Waals surface area contributed by atoms with Crippen LogP contribution in [0.25, 0.3) is 0 Å². The molecule has 0 unspecified atom stereocenters. The molecule has 1 aromatic heterocycles. The largest absolute Gasteiger partial charge is 0.325 e. The first kappa shape index (κ1) is 19.7. The number of hydrogen-bond acceptors (Lipinski definition) is 7. The van der Waals surface area contributed by atoms with Crippen molar-refractivity contribution in [3.63, 3.8) is 0 Å². The number of aromatic nitrogens is 2. The molecule has 132 valence electrons. The monoisotopic (exact) mass is 393 g/mol. The topological polar surface area (TPSA) is 72.0 Å². The maximum Gasteiger partial charge on any atom is 0.237 e. The third kappa shape index (κ3) is 6.30. The standard InChI is InChI=1S/C17H19N3O2S3/c1-10(2)9-23-16-19-20-17(25-16)24-12(4)15(22)18-14-7-5-6-13(8-14)11(3)21/h5-8,12H,1,9H2,2-4H3,(H,18,22)/t12-/m1/s1. The van der Waals surface area contributed by atoms with Gasteiger partial charge in [0, 0.05) is 17.0 Å². The van der Waals surface area contributed by atoms with Gasteiger partial charge in [0.1, 0.15) is 0 Å². The van der Waals surface area contributed by atoms with Crippen molar-refractivity contribution >= 4 is 52.2 Å². The molecule has 0 spiro atoms. The van der Waals surface area contributed by atoms with E-state index >= 15 is 0 Å². The second kappa shape index (κ2) is 9.17. The molecule has 0 saturated carbocycles. The van der Waals surface area contributed by atoms with E-state index in [2.05, 4.69) is 22.1 Å². The van der Waals surface area contributed by atoms with Gasteiger partial charge in [-0.3, -0.25) is 9.59 Å². The highest BCUT2D eigenvalue weighted by atomic mass is 32.2. The summed E-state index contributed by atoms with van der Waals surface area (Å²) in [5.41, 5.74) is 2.26. The average molecular weight is 394 g/mol. The van der Waals surface area contributed by atoms with E-state index in [4.69, 9.17) is 0 Å². The number of nitrogens with zero attached hydrogens (tertiary/aromatic N) is 2. The Morgan fingerprint density at radius 1 is 1.28 bits per heavy atom. The summed E-state index contributed by atoms with van der Waals surface area (Å²) >= 11 is 4.43. The van der Waals surface area contributed by atoms with E-state index in [0.717, 1.165) is 20.0 Å². The fourth-order valence-electron chi connectivity index (χ4n) is 1.75. The summed E-state index contributed by atoms with van der Waals surface area (Å²) in [6.45, 7) is 9.15. The van der Waals surface area contributed by atoms with Gasteiger partial charge in [0.2, 0.25) is 5.91 Å². The Morgan fingerprint density at radius 2 is 2.00 bits per heavy atom. The normalized spacial score (nSPS) is 11.8. The summed E-state index contributed by atoms with van der Waals surface area (Å²) in [6.07, 6.45) is 0. The van der Waals surface area contributed by atoms with Crippen molar-refractivity contribution in [3.05, 3.63) is 42.0 Å². The fraction of sp³-hybridized carbons (Fsp3) is 0.294. The van der Waals surface area contributed by atoms with Gasteiger partial charge in [-0.25, -0.2) is 0 Å². The summed E-state index contributed by atoms with van der Waals surface area (Å²) in [4.78, 5) is 23.8. The molecule has 0 bridgehead atoms. The maximum atomic E-state index is 12.3. The molecule has 2 aromatic rings. The number of thioether (sulfide) groups is 2. The summed E-state index contributed by atoms with van der Waals surface area (Å²) in [5, 5.41) is 10.7. The van der Waals surface area contributed by atoms with Crippen molar-refractivity contribution in [1.29, 1.82) is 0 Å². The Morgan fingerprint density at radius 3 is 2.68 bits per heavy atom. The smallest absolute Gasteiger partial charge is 0.237 e. The van der Waals surface area contributed by atoms with Crippen molar-refractivity contribution in [3.8, 4) is 0 Å². The average Bonchev–Trinajstić information content (AvgIpc) is 3.00. The lowest BCUT2D eigenvalue weighted by Gasteiger charge is -2.10. The van der Waals surface area contributed by atoms with Gasteiger partial charge in [0.25, 0.3) is 0 Å². The molecule has 0 aliphatic rings. The van der Waals surface area contributed by atoms with Gasteiger partial charge >= 0.3 is 0 Å². The molecule has 1 heterocycles. The molecule has 1 amide bonds. The third-order valence-electron chi connectivity index (χ3n) is 3.01.